The number of ether oxygens (including phenoxy) is 2. The highest BCUT2D eigenvalue weighted by Crippen LogP contribution is 2.24. The molecular weight excluding hydrogens is 298 g/mol. The lowest BCUT2D eigenvalue weighted by Crippen LogP contribution is -2.62. The molecule has 130 valence electrons. The number of methoxy groups -OCH3 is 1. The first kappa shape index (κ1) is 18.0. The van der Waals surface area contributed by atoms with Crippen LogP contribution in [0.2, 0.25) is 0 Å². The summed E-state index contributed by atoms with van der Waals surface area (Å²) in [4.78, 5) is 1.73. The first-order valence-corrected chi connectivity index (χ1v) is 7.30. The molecule has 2 aliphatic heterocycles. The second kappa shape index (κ2) is 7.47. The van der Waals surface area contributed by atoms with Crippen LogP contribution in [0.3, 0.4) is 0 Å². The van der Waals surface area contributed by atoms with E-state index in [0.29, 0.717) is 6.54 Å². The van der Waals surface area contributed by atoms with Crippen LogP contribution in [0.5, 0.6) is 0 Å². The summed E-state index contributed by atoms with van der Waals surface area (Å²) in [6.45, 7) is 0.355. The topological polar surface area (TPSA) is 143 Å². The Morgan fingerprint density at radius 1 is 1.00 bits per heavy atom. The quantitative estimate of drug-likeness (QED) is 0.306. The van der Waals surface area contributed by atoms with E-state index in [1.54, 1.807) is 4.90 Å². The maximum absolute atomic E-state index is 10.0. The van der Waals surface area contributed by atoms with E-state index in [2.05, 4.69) is 0 Å². The Labute approximate surface area is 128 Å². The van der Waals surface area contributed by atoms with Gasteiger partial charge in [-0.25, -0.2) is 0 Å². The first-order chi connectivity index (χ1) is 10.4. The van der Waals surface area contributed by atoms with Gasteiger partial charge in [0.05, 0.1) is 12.2 Å². The van der Waals surface area contributed by atoms with E-state index in [1.165, 1.54) is 7.11 Å². The second-order valence-corrected chi connectivity index (χ2v) is 5.97. The highest BCUT2D eigenvalue weighted by Gasteiger charge is 2.45. The normalized spacial score (nSPS) is 47.6. The Hall–Kier alpha value is -0.360. The maximum atomic E-state index is 10.0. The number of rotatable bonds is 4. The Morgan fingerprint density at radius 2 is 1.68 bits per heavy atom. The van der Waals surface area contributed by atoms with Gasteiger partial charge in [0, 0.05) is 39.3 Å². The predicted molar refractivity (Wildman–Crippen MR) is 72.7 cm³/mol. The molecule has 0 aromatic carbocycles. The van der Waals surface area contributed by atoms with Crippen LogP contribution in [0.4, 0.5) is 0 Å². The summed E-state index contributed by atoms with van der Waals surface area (Å²) in [5, 5.41) is 58.4. The number of aliphatic hydroxyl groups is 6. The van der Waals surface area contributed by atoms with E-state index < -0.39 is 48.8 Å². The zero-order valence-corrected chi connectivity index (χ0v) is 12.4. The molecule has 2 fully saturated rings. The van der Waals surface area contributed by atoms with Gasteiger partial charge in [0.2, 0.25) is 0 Å². The molecule has 22 heavy (non-hydrogen) atoms. The van der Waals surface area contributed by atoms with Crippen molar-refractivity contribution < 1.29 is 40.1 Å². The third-order valence-electron chi connectivity index (χ3n) is 4.39. The van der Waals surface area contributed by atoms with Gasteiger partial charge in [0.25, 0.3) is 0 Å². The van der Waals surface area contributed by atoms with Gasteiger partial charge in [-0.2, -0.15) is 0 Å². The molecule has 0 amide bonds. The van der Waals surface area contributed by atoms with Crippen molar-refractivity contribution in [1.29, 1.82) is 0 Å². The Morgan fingerprint density at radius 3 is 2.27 bits per heavy atom. The minimum absolute atomic E-state index is 0.153. The molecule has 0 spiro atoms. The summed E-state index contributed by atoms with van der Waals surface area (Å²) in [5.74, 6) is -0.502. The molecule has 2 saturated heterocycles. The monoisotopic (exact) mass is 323 g/mol. The lowest BCUT2D eigenvalue weighted by Gasteiger charge is -2.44. The van der Waals surface area contributed by atoms with Crippen molar-refractivity contribution in [2.75, 3.05) is 33.4 Å². The molecule has 8 atom stereocenters. The molecular formula is C13H25NO8. The van der Waals surface area contributed by atoms with Gasteiger partial charge in [-0.05, 0) is 0 Å². The zero-order valence-electron chi connectivity index (χ0n) is 12.4. The smallest absolute Gasteiger partial charge is 0.186 e. The van der Waals surface area contributed by atoms with Crippen molar-refractivity contribution in [3.05, 3.63) is 0 Å². The number of likely N-dealkylation sites (tertiary alicyclic amines) is 1. The summed E-state index contributed by atoms with van der Waals surface area (Å²) in [6, 6.07) is 0. The van der Waals surface area contributed by atoms with Gasteiger partial charge in [0.15, 0.2) is 6.29 Å². The third-order valence-corrected chi connectivity index (χ3v) is 4.39. The maximum Gasteiger partial charge on any atom is 0.186 e. The Bertz CT molecular complexity index is 357. The highest BCUT2D eigenvalue weighted by atomic mass is 16.7. The molecule has 2 rings (SSSR count). The number of piperidine rings is 1. The average Bonchev–Trinajstić information content (AvgIpc) is 2.51. The molecule has 2 heterocycles. The molecule has 0 aromatic rings. The number of β-amino-alcohol motifs (C(OH)–C–C–N with tert-alkyl or cyclic N) is 1. The van der Waals surface area contributed by atoms with Crippen molar-refractivity contribution in [3.8, 4) is 0 Å². The molecule has 9 heteroatoms. The van der Waals surface area contributed by atoms with E-state index in [4.69, 9.17) is 9.47 Å². The van der Waals surface area contributed by atoms with Crippen LogP contribution in [0, 0.1) is 5.92 Å². The molecule has 0 radical (unpaired) electrons. The van der Waals surface area contributed by atoms with Gasteiger partial charge < -0.3 is 40.1 Å². The van der Waals surface area contributed by atoms with Gasteiger partial charge >= 0.3 is 0 Å². The van der Waals surface area contributed by atoms with Crippen molar-refractivity contribution in [2.45, 2.75) is 42.9 Å². The lowest BCUT2D eigenvalue weighted by atomic mass is 9.92. The van der Waals surface area contributed by atoms with Gasteiger partial charge in [-0.1, -0.05) is 0 Å². The summed E-state index contributed by atoms with van der Waals surface area (Å²) >= 11 is 0. The van der Waals surface area contributed by atoms with Gasteiger partial charge in [-0.3, -0.25) is 4.90 Å². The van der Waals surface area contributed by atoms with Crippen LogP contribution in [-0.4, -0.2) is 112 Å². The second-order valence-electron chi connectivity index (χ2n) is 5.97. The van der Waals surface area contributed by atoms with Crippen molar-refractivity contribution in [1.82, 2.24) is 4.90 Å². The van der Waals surface area contributed by atoms with Crippen LogP contribution in [0.25, 0.3) is 0 Å². The first-order valence-electron chi connectivity index (χ1n) is 7.30. The fourth-order valence-electron chi connectivity index (χ4n) is 3.03. The molecule has 0 aliphatic carbocycles. The number of hydrogen-bond acceptors (Lipinski definition) is 9. The number of nitrogens with zero attached hydrogens (tertiary/aromatic N) is 1. The van der Waals surface area contributed by atoms with E-state index in [0.717, 1.165) is 0 Å². The average molecular weight is 323 g/mol. The number of hydrogen-bond donors (Lipinski definition) is 6. The molecule has 0 saturated carbocycles. The van der Waals surface area contributed by atoms with Crippen LogP contribution < -0.4 is 0 Å². The number of aliphatic hydroxyl groups excluding tert-OH is 6. The SMILES string of the molecule is CO[C@H]1O[C@H](CN2C[C@H](CO)[C@@H](O)[C@H](O)C2)[C@@H](O)[C@H](O)[C@H]1O. The van der Waals surface area contributed by atoms with Crippen molar-refractivity contribution in [2.24, 2.45) is 5.92 Å². The zero-order chi connectivity index (χ0) is 16.4. The fourth-order valence-corrected chi connectivity index (χ4v) is 3.03. The van der Waals surface area contributed by atoms with Crippen LogP contribution >= 0.6 is 0 Å². The highest BCUT2D eigenvalue weighted by molar-refractivity contribution is 4.93. The molecule has 0 unspecified atom stereocenters. The van der Waals surface area contributed by atoms with E-state index >= 15 is 0 Å². The van der Waals surface area contributed by atoms with Crippen LogP contribution in [-0.2, 0) is 9.47 Å². The minimum Gasteiger partial charge on any atom is -0.396 e. The molecule has 0 bridgehead atoms. The van der Waals surface area contributed by atoms with E-state index in [-0.39, 0.29) is 19.7 Å². The molecule has 0 aromatic heterocycles. The largest absolute Gasteiger partial charge is 0.396 e. The molecule has 9 nitrogen and oxygen atoms in total. The van der Waals surface area contributed by atoms with E-state index in [9.17, 15) is 30.6 Å². The standard InChI is InChI=1S/C13H25NO8/c1-21-13-12(20)11(19)10(18)8(22-13)4-14-2-6(5-15)9(17)7(16)3-14/h6-13,15-20H,2-5H2,1H3/t6-,7-,8-,9-,10-,11+,12-,13+/m1/s1. The molecule has 2 aliphatic rings. The van der Waals surface area contributed by atoms with E-state index in [1.807, 2.05) is 0 Å². The Balaban J connectivity index is 2.00. The van der Waals surface area contributed by atoms with Gasteiger partial charge in [0.1, 0.15) is 24.4 Å². The molecule has 6 N–H and O–H groups in total. The lowest BCUT2D eigenvalue weighted by molar-refractivity contribution is -0.292. The van der Waals surface area contributed by atoms with Gasteiger partial charge in [-0.15, -0.1) is 0 Å². The summed E-state index contributed by atoms with van der Waals surface area (Å²) < 4.78 is 10.4. The fraction of sp³-hybridized carbons (Fsp3) is 1.00. The summed E-state index contributed by atoms with van der Waals surface area (Å²) in [7, 11) is 1.32. The third kappa shape index (κ3) is 3.58. The van der Waals surface area contributed by atoms with Crippen molar-refractivity contribution >= 4 is 0 Å². The minimum atomic E-state index is -1.40. The Kier molecular flexibility index (Phi) is 6.11. The predicted octanol–water partition coefficient (Wildman–Crippen LogP) is -3.91. The van der Waals surface area contributed by atoms with Crippen LogP contribution in [0.15, 0.2) is 0 Å². The van der Waals surface area contributed by atoms with Crippen LogP contribution in [0.1, 0.15) is 0 Å². The summed E-state index contributed by atoms with van der Waals surface area (Å²) in [6.07, 6.45) is -7.97. The van der Waals surface area contributed by atoms with Crippen molar-refractivity contribution in [3.63, 3.8) is 0 Å². The summed E-state index contributed by atoms with van der Waals surface area (Å²) in [5.41, 5.74) is 0.